The summed E-state index contributed by atoms with van der Waals surface area (Å²) in [4.78, 5) is 17.1. The highest BCUT2D eigenvalue weighted by Gasteiger charge is 2.32. The van der Waals surface area contributed by atoms with E-state index in [0.29, 0.717) is 19.1 Å². The van der Waals surface area contributed by atoms with Gasteiger partial charge in [0.25, 0.3) is 0 Å². The Morgan fingerprint density at radius 3 is 2.73 bits per heavy atom. The summed E-state index contributed by atoms with van der Waals surface area (Å²) in [6.45, 7) is 6.06. The quantitative estimate of drug-likeness (QED) is 0.839. The molecule has 2 saturated heterocycles. The molecule has 1 atom stereocenters. The SMILES string of the molecule is C[C@H]1CN(c2cccc(Cl)c2)CCN1C(=O)C1CCOCC1. The molecule has 4 nitrogen and oxygen atoms in total. The summed E-state index contributed by atoms with van der Waals surface area (Å²) in [7, 11) is 0. The van der Waals surface area contributed by atoms with Gasteiger partial charge < -0.3 is 14.5 Å². The number of halogens is 1. The number of ether oxygens (including phenoxy) is 1. The Hall–Kier alpha value is -1.26. The molecule has 0 radical (unpaired) electrons. The Kier molecular flexibility index (Phi) is 4.89. The standard InChI is InChI=1S/C17H23ClN2O2/c1-13-12-19(16-4-2-3-15(18)11-16)7-8-20(13)17(21)14-5-9-22-10-6-14/h2-4,11,13-14H,5-10,12H2,1H3/t13-/m0/s1. The Labute approximate surface area is 137 Å². The number of rotatable bonds is 2. The highest BCUT2D eigenvalue weighted by molar-refractivity contribution is 6.30. The predicted molar refractivity (Wildman–Crippen MR) is 88.4 cm³/mol. The van der Waals surface area contributed by atoms with Crippen molar-refractivity contribution in [3.05, 3.63) is 29.3 Å². The molecule has 2 aliphatic heterocycles. The Morgan fingerprint density at radius 2 is 2.05 bits per heavy atom. The van der Waals surface area contributed by atoms with Crippen LogP contribution in [-0.4, -0.2) is 49.7 Å². The van der Waals surface area contributed by atoms with E-state index in [4.69, 9.17) is 16.3 Å². The van der Waals surface area contributed by atoms with Crippen molar-refractivity contribution >= 4 is 23.2 Å². The lowest BCUT2D eigenvalue weighted by atomic mass is 9.97. The summed E-state index contributed by atoms with van der Waals surface area (Å²) in [6.07, 6.45) is 1.72. The van der Waals surface area contributed by atoms with Crippen molar-refractivity contribution in [3.8, 4) is 0 Å². The topological polar surface area (TPSA) is 32.8 Å². The van der Waals surface area contributed by atoms with Crippen molar-refractivity contribution in [2.75, 3.05) is 37.7 Å². The third-order valence-electron chi connectivity index (χ3n) is 4.65. The fraction of sp³-hybridized carbons (Fsp3) is 0.588. The summed E-state index contributed by atoms with van der Waals surface area (Å²) >= 11 is 6.08. The van der Waals surface area contributed by atoms with Gasteiger partial charge in [0.15, 0.2) is 0 Å². The molecule has 0 aromatic heterocycles. The van der Waals surface area contributed by atoms with Crippen LogP contribution in [0, 0.1) is 5.92 Å². The molecule has 5 heteroatoms. The molecular weight excluding hydrogens is 300 g/mol. The zero-order valence-electron chi connectivity index (χ0n) is 13.0. The van der Waals surface area contributed by atoms with Crippen LogP contribution in [0.5, 0.6) is 0 Å². The van der Waals surface area contributed by atoms with Crippen molar-refractivity contribution in [3.63, 3.8) is 0 Å². The Morgan fingerprint density at radius 1 is 1.27 bits per heavy atom. The van der Waals surface area contributed by atoms with E-state index in [1.165, 1.54) is 0 Å². The van der Waals surface area contributed by atoms with Gasteiger partial charge in [-0.2, -0.15) is 0 Å². The molecule has 2 fully saturated rings. The maximum absolute atomic E-state index is 12.7. The molecule has 22 heavy (non-hydrogen) atoms. The van der Waals surface area contributed by atoms with Crippen molar-refractivity contribution < 1.29 is 9.53 Å². The normalized spacial score (nSPS) is 23.6. The molecule has 0 spiro atoms. The first-order chi connectivity index (χ1) is 10.6. The first kappa shape index (κ1) is 15.6. The molecule has 2 heterocycles. The zero-order chi connectivity index (χ0) is 15.5. The first-order valence-corrected chi connectivity index (χ1v) is 8.41. The molecule has 0 N–H and O–H groups in total. The van der Waals surface area contributed by atoms with Gasteiger partial charge >= 0.3 is 0 Å². The average molecular weight is 323 g/mol. The van der Waals surface area contributed by atoms with Gasteiger partial charge in [0, 0.05) is 55.5 Å². The molecule has 0 aliphatic carbocycles. The van der Waals surface area contributed by atoms with Gasteiger partial charge in [0.05, 0.1) is 0 Å². The molecule has 0 unspecified atom stereocenters. The molecule has 0 bridgehead atoms. The molecule has 1 aromatic carbocycles. The van der Waals surface area contributed by atoms with Gasteiger partial charge in [-0.05, 0) is 38.0 Å². The van der Waals surface area contributed by atoms with E-state index < -0.39 is 0 Å². The van der Waals surface area contributed by atoms with Gasteiger partial charge in [-0.15, -0.1) is 0 Å². The second kappa shape index (κ2) is 6.88. The van der Waals surface area contributed by atoms with Crippen LogP contribution in [0.25, 0.3) is 0 Å². The second-order valence-electron chi connectivity index (χ2n) is 6.19. The van der Waals surface area contributed by atoms with Crippen LogP contribution in [0.4, 0.5) is 5.69 Å². The number of carbonyl (C=O) groups is 1. The van der Waals surface area contributed by atoms with Crippen LogP contribution in [0.3, 0.4) is 0 Å². The van der Waals surface area contributed by atoms with E-state index >= 15 is 0 Å². The minimum atomic E-state index is 0.147. The van der Waals surface area contributed by atoms with Crippen molar-refractivity contribution in [2.45, 2.75) is 25.8 Å². The fourth-order valence-corrected chi connectivity index (χ4v) is 3.56. The molecule has 2 aliphatic rings. The summed E-state index contributed by atoms with van der Waals surface area (Å²) in [5.74, 6) is 0.454. The van der Waals surface area contributed by atoms with Crippen LogP contribution in [0.2, 0.25) is 5.02 Å². The Bertz CT molecular complexity index is 531. The number of hydrogen-bond donors (Lipinski definition) is 0. The smallest absolute Gasteiger partial charge is 0.226 e. The number of carbonyl (C=O) groups excluding carboxylic acids is 1. The van der Waals surface area contributed by atoms with Gasteiger partial charge in [-0.3, -0.25) is 4.79 Å². The van der Waals surface area contributed by atoms with Crippen LogP contribution in [0.15, 0.2) is 24.3 Å². The summed E-state index contributed by atoms with van der Waals surface area (Å²) < 4.78 is 5.36. The second-order valence-corrected chi connectivity index (χ2v) is 6.63. The molecular formula is C17H23ClN2O2. The van der Waals surface area contributed by atoms with Crippen LogP contribution >= 0.6 is 11.6 Å². The van der Waals surface area contributed by atoms with Crippen molar-refractivity contribution in [2.24, 2.45) is 5.92 Å². The molecule has 3 rings (SSSR count). The van der Waals surface area contributed by atoms with E-state index in [1.54, 1.807) is 0 Å². The first-order valence-electron chi connectivity index (χ1n) is 8.04. The van der Waals surface area contributed by atoms with E-state index in [-0.39, 0.29) is 12.0 Å². The number of nitrogens with zero attached hydrogens (tertiary/aromatic N) is 2. The van der Waals surface area contributed by atoms with Gasteiger partial charge in [0.1, 0.15) is 0 Å². The zero-order valence-corrected chi connectivity index (χ0v) is 13.8. The third-order valence-corrected chi connectivity index (χ3v) is 4.89. The van der Waals surface area contributed by atoms with E-state index in [1.807, 2.05) is 18.2 Å². The van der Waals surface area contributed by atoms with Crippen molar-refractivity contribution in [1.82, 2.24) is 4.90 Å². The predicted octanol–water partition coefficient (Wildman–Crippen LogP) is 2.80. The van der Waals surface area contributed by atoms with Gasteiger partial charge in [-0.1, -0.05) is 17.7 Å². The van der Waals surface area contributed by atoms with Crippen molar-refractivity contribution in [1.29, 1.82) is 0 Å². The van der Waals surface area contributed by atoms with E-state index in [9.17, 15) is 4.79 Å². The number of piperazine rings is 1. The molecule has 1 amide bonds. The van der Waals surface area contributed by atoms with Gasteiger partial charge in [-0.25, -0.2) is 0 Å². The molecule has 120 valence electrons. The lowest BCUT2D eigenvalue weighted by Gasteiger charge is -2.42. The summed E-state index contributed by atoms with van der Waals surface area (Å²) in [6, 6.07) is 8.16. The highest BCUT2D eigenvalue weighted by atomic mass is 35.5. The number of hydrogen-bond acceptors (Lipinski definition) is 3. The monoisotopic (exact) mass is 322 g/mol. The number of amides is 1. The van der Waals surface area contributed by atoms with Gasteiger partial charge in [0.2, 0.25) is 5.91 Å². The number of anilines is 1. The largest absolute Gasteiger partial charge is 0.381 e. The average Bonchev–Trinajstić information content (AvgIpc) is 2.55. The maximum atomic E-state index is 12.7. The summed E-state index contributed by atoms with van der Waals surface area (Å²) in [5, 5.41) is 0.755. The fourth-order valence-electron chi connectivity index (χ4n) is 3.37. The van der Waals surface area contributed by atoms with E-state index in [2.05, 4.69) is 22.8 Å². The Balaban J connectivity index is 1.63. The lowest BCUT2D eigenvalue weighted by Crippen LogP contribution is -2.55. The maximum Gasteiger partial charge on any atom is 0.226 e. The third kappa shape index (κ3) is 3.39. The summed E-state index contributed by atoms with van der Waals surface area (Å²) in [5.41, 5.74) is 1.14. The molecule has 0 saturated carbocycles. The van der Waals surface area contributed by atoms with Crippen LogP contribution < -0.4 is 4.90 Å². The minimum Gasteiger partial charge on any atom is -0.381 e. The minimum absolute atomic E-state index is 0.147. The van der Waals surface area contributed by atoms with E-state index in [0.717, 1.165) is 43.2 Å². The van der Waals surface area contributed by atoms with Crippen LogP contribution in [0.1, 0.15) is 19.8 Å². The highest BCUT2D eigenvalue weighted by Crippen LogP contribution is 2.25. The molecule has 1 aromatic rings. The van der Waals surface area contributed by atoms with Crippen LogP contribution in [-0.2, 0) is 9.53 Å². The number of benzene rings is 1. The lowest BCUT2D eigenvalue weighted by molar-refractivity contribution is -0.141.